The smallest absolute Gasteiger partial charge is 0.0254 e. The molecule has 0 aromatic carbocycles. The second kappa shape index (κ2) is 8.13. The first-order valence-electron chi connectivity index (χ1n) is 7.66. The Bertz CT molecular complexity index is 218. The predicted molar refractivity (Wildman–Crippen MR) is 80.1 cm³/mol. The molecule has 0 amide bonds. The molecular formula is C15H33N3. The van der Waals surface area contributed by atoms with Gasteiger partial charge in [0.1, 0.15) is 0 Å². The van der Waals surface area contributed by atoms with E-state index in [0.29, 0.717) is 6.04 Å². The molecule has 1 saturated heterocycles. The molecule has 0 bridgehead atoms. The Morgan fingerprint density at radius 3 is 2.56 bits per heavy atom. The van der Waals surface area contributed by atoms with E-state index in [1.165, 1.54) is 38.9 Å². The summed E-state index contributed by atoms with van der Waals surface area (Å²) in [6.07, 6.45) is 4.02. The average molecular weight is 255 g/mol. The van der Waals surface area contributed by atoms with Crippen LogP contribution in [0.2, 0.25) is 0 Å². The van der Waals surface area contributed by atoms with E-state index in [4.69, 9.17) is 0 Å². The molecule has 0 aromatic rings. The van der Waals surface area contributed by atoms with E-state index in [-0.39, 0.29) is 0 Å². The summed E-state index contributed by atoms with van der Waals surface area (Å²) in [7, 11) is 4.42. The fourth-order valence-electron chi connectivity index (χ4n) is 3.14. The molecule has 3 atom stereocenters. The molecule has 0 spiro atoms. The Labute approximate surface area is 114 Å². The van der Waals surface area contributed by atoms with Gasteiger partial charge in [-0.15, -0.1) is 0 Å². The number of nitrogens with zero attached hydrogens (tertiary/aromatic N) is 2. The van der Waals surface area contributed by atoms with Crippen LogP contribution in [0.15, 0.2) is 0 Å². The Morgan fingerprint density at radius 1 is 1.28 bits per heavy atom. The van der Waals surface area contributed by atoms with Crippen LogP contribution in [0.25, 0.3) is 0 Å². The van der Waals surface area contributed by atoms with Crippen LogP contribution in [0.4, 0.5) is 0 Å². The summed E-state index contributed by atoms with van der Waals surface area (Å²) < 4.78 is 0. The van der Waals surface area contributed by atoms with Crippen molar-refractivity contribution < 1.29 is 0 Å². The topological polar surface area (TPSA) is 18.5 Å². The van der Waals surface area contributed by atoms with Gasteiger partial charge in [-0.25, -0.2) is 0 Å². The van der Waals surface area contributed by atoms with Crippen LogP contribution in [-0.2, 0) is 0 Å². The van der Waals surface area contributed by atoms with E-state index in [1.54, 1.807) is 0 Å². The molecule has 0 aliphatic carbocycles. The van der Waals surface area contributed by atoms with E-state index in [1.807, 2.05) is 0 Å². The molecule has 108 valence electrons. The first kappa shape index (κ1) is 15.9. The summed E-state index contributed by atoms with van der Waals surface area (Å²) in [5.74, 6) is 0.820. The second-order valence-corrected chi connectivity index (χ2v) is 6.22. The van der Waals surface area contributed by atoms with Crippen LogP contribution in [-0.4, -0.2) is 62.2 Å². The lowest BCUT2D eigenvalue weighted by molar-refractivity contribution is 0.250. The van der Waals surface area contributed by atoms with Gasteiger partial charge in [0, 0.05) is 25.2 Å². The zero-order valence-electron chi connectivity index (χ0n) is 13.1. The van der Waals surface area contributed by atoms with Gasteiger partial charge in [0.15, 0.2) is 0 Å². The molecule has 1 aliphatic rings. The lowest BCUT2D eigenvalue weighted by atomic mass is 10.1. The maximum Gasteiger partial charge on any atom is 0.0254 e. The predicted octanol–water partition coefficient (Wildman–Crippen LogP) is 2.04. The van der Waals surface area contributed by atoms with Gasteiger partial charge in [0.25, 0.3) is 0 Å². The molecule has 1 rings (SSSR count). The highest BCUT2D eigenvalue weighted by atomic mass is 15.2. The highest BCUT2D eigenvalue weighted by Gasteiger charge is 2.30. The summed E-state index contributed by atoms with van der Waals surface area (Å²) in [6.45, 7) is 11.8. The number of hydrogen-bond donors (Lipinski definition) is 1. The van der Waals surface area contributed by atoms with Gasteiger partial charge in [-0.1, -0.05) is 20.3 Å². The van der Waals surface area contributed by atoms with E-state index < -0.39 is 0 Å². The summed E-state index contributed by atoms with van der Waals surface area (Å²) >= 11 is 0. The van der Waals surface area contributed by atoms with Gasteiger partial charge in [-0.05, 0) is 52.9 Å². The van der Waals surface area contributed by atoms with Crippen molar-refractivity contribution in [1.82, 2.24) is 15.1 Å². The highest BCUT2D eigenvalue weighted by Crippen LogP contribution is 2.20. The molecule has 0 saturated carbocycles. The fraction of sp³-hybridized carbons (Fsp3) is 1.00. The molecular weight excluding hydrogens is 222 g/mol. The SMILES string of the molecule is CCNC(C)CCCCN1CC(C)C(N(C)C)C1. The lowest BCUT2D eigenvalue weighted by Crippen LogP contribution is -2.34. The Morgan fingerprint density at radius 2 is 2.00 bits per heavy atom. The fourth-order valence-corrected chi connectivity index (χ4v) is 3.14. The van der Waals surface area contributed by atoms with Gasteiger partial charge in [0.2, 0.25) is 0 Å². The van der Waals surface area contributed by atoms with Crippen LogP contribution < -0.4 is 5.32 Å². The van der Waals surface area contributed by atoms with E-state index in [9.17, 15) is 0 Å². The van der Waals surface area contributed by atoms with Crippen molar-refractivity contribution >= 4 is 0 Å². The number of unbranched alkanes of at least 4 members (excludes halogenated alkanes) is 1. The van der Waals surface area contributed by atoms with Crippen molar-refractivity contribution in [3.63, 3.8) is 0 Å². The summed E-state index contributed by atoms with van der Waals surface area (Å²) in [5, 5.41) is 3.48. The van der Waals surface area contributed by atoms with Crippen molar-refractivity contribution in [2.75, 3.05) is 40.3 Å². The third-order valence-corrected chi connectivity index (χ3v) is 4.23. The maximum atomic E-state index is 3.48. The zero-order valence-corrected chi connectivity index (χ0v) is 13.1. The minimum atomic E-state index is 0.682. The summed E-state index contributed by atoms with van der Waals surface area (Å²) in [5.41, 5.74) is 0. The number of rotatable bonds is 8. The minimum Gasteiger partial charge on any atom is -0.315 e. The monoisotopic (exact) mass is 255 g/mol. The van der Waals surface area contributed by atoms with Crippen LogP contribution in [0.3, 0.4) is 0 Å². The van der Waals surface area contributed by atoms with Crippen molar-refractivity contribution in [3.8, 4) is 0 Å². The Balaban J connectivity index is 2.10. The summed E-state index contributed by atoms with van der Waals surface area (Å²) in [6, 6.07) is 1.44. The van der Waals surface area contributed by atoms with Gasteiger partial charge in [-0.2, -0.15) is 0 Å². The molecule has 1 N–H and O–H groups in total. The van der Waals surface area contributed by atoms with Gasteiger partial charge in [0.05, 0.1) is 0 Å². The largest absolute Gasteiger partial charge is 0.315 e. The molecule has 18 heavy (non-hydrogen) atoms. The highest BCUT2D eigenvalue weighted by molar-refractivity contribution is 4.86. The van der Waals surface area contributed by atoms with Crippen molar-refractivity contribution in [3.05, 3.63) is 0 Å². The number of likely N-dealkylation sites (tertiary alicyclic amines) is 1. The third kappa shape index (κ3) is 5.25. The lowest BCUT2D eigenvalue weighted by Gasteiger charge is -2.22. The molecule has 1 aliphatic heterocycles. The van der Waals surface area contributed by atoms with Crippen LogP contribution in [0, 0.1) is 5.92 Å². The molecule has 0 aromatic heterocycles. The number of nitrogens with one attached hydrogen (secondary N) is 1. The quantitative estimate of drug-likeness (QED) is 0.670. The van der Waals surface area contributed by atoms with Crippen LogP contribution in [0.5, 0.6) is 0 Å². The number of likely N-dealkylation sites (N-methyl/N-ethyl adjacent to an activating group) is 1. The Kier molecular flexibility index (Phi) is 7.20. The number of hydrogen-bond acceptors (Lipinski definition) is 3. The normalized spacial score (nSPS) is 27.0. The van der Waals surface area contributed by atoms with Crippen LogP contribution >= 0.6 is 0 Å². The minimum absolute atomic E-state index is 0.682. The van der Waals surface area contributed by atoms with Gasteiger partial charge >= 0.3 is 0 Å². The zero-order chi connectivity index (χ0) is 13.5. The van der Waals surface area contributed by atoms with Gasteiger partial charge in [-0.3, -0.25) is 0 Å². The molecule has 0 radical (unpaired) electrons. The summed E-state index contributed by atoms with van der Waals surface area (Å²) in [4.78, 5) is 5.03. The molecule has 3 heteroatoms. The van der Waals surface area contributed by atoms with Gasteiger partial charge < -0.3 is 15.1 Å². The van der Waals surface area contributed by atoms with E-state index in [0.717, 1.165) is 18.5 Å². The third-order valence-electron chi connectivity index (χ3n) is 4.23. The maximum absolute atomic E-state index is 3.48. The second-order valence-electron chi connectivity index (χ2n) is 6.22. The first-order chi connectivity index (χ1) is 8.54. The Hall–Kier alpha value is -0.120. The molecule has 3 nitrogen and oxygen atoms in total. The van der Waals surface area contributed by atoms with Crippen molar-refractivity contribution in [2.24, 2.45) is 5.92 Å². The van der Waals surface area contributed by atoms with Crippen LogP contribution in [0.1, 0.15) is 40.0 Å². The standard InChI is InChI=1S/C15H33N3/c1-6-16-14(3)9-7-8-10-18-11-13(2)15(12-18)17(4)5/h13-16H,6-12H2,1-5H3. The van der Waals surface area contributed by atoms with E-state index >= 15 is 0 Å². The molecule has 3 unspecified atom stereocenters. The van der Waals surface area contributed by atoms with Crippen molar-refractivity contribution in [1.29, 1.82) is 0 Å². The molecule has 1 fully saturated rings. The average Bonchev–Trinajstić information content (AvgIpc) is 2.66. The van der Waals surface area contributed by atoms with E-state index in [2.05, 4.69) is 50.0 Å². The van der Waals surface area contributed by atoms with Crippen molar-refractivity contribution in [2.45, 2.75) is 52.1 Å². The molecule has 1 heterocycles. The first-order valence-corrected chi connectivity index (χ1v) is 7.66.